The molecule has 2 heterocycles. The molecule has 5 nitrogen and oxygen atoms in total. The van der Waals surface area contributed by atoms with Gasteiger partial charge in [-0.3, -0.25) is 0 Å². The minimum Gasteiger partial charge on any atom is -0.399 e. The van der Waals surface area contributed by atoms with E-state index in [1.807, 2.05) is 24.3 Å². The molecule has 0 atom stereocenters. The van der Waals surface area contributed by atoms with Gasteiger partial charge in [0.05, 0.1) is 12.4 Å². The van der Waals surface area contributed by atoms with Gasteiger partial charge in [-0.05, 0) is 23.3 Å². The van der Waals surface area contributed by atoms with Gasteiger partial charge in [0.15, 0.2) is 5.69 Å². The first-order valence-electron chi connectivity index (χ1n) is 5.60. The first kappa shape index (κ1) is 10.5. The number of nitrogens with zero attached hydrogens (tertiary/aromatic N) is 4. The van der Waals surface area contributed by atoms with Gasteiger partial charge in [-0.1, -0.05) is 6.07 Å². The third-order valence-electron chi connectivity index (χ3n) is 3.03. The summed E-state index contributed by atoms with van der Waals surface area (Å²) >= 11 is 0. The van der Waals surface area contributed by atoms with Crippen molar-refractivity contribution in [3.63, 3.8) is 0 Å². The van der Waals surface area contributed by atoms with E-state index in [0.717, 1.165) is 24.6 Å². The summed E-state index contributed by atoms with van der Waals surface area (Å²) in [7, 11) is 0. The smallest absolute Gasteiger partial charge is 0.158 e. The van der Waals surface area contributed by atoms with Gasteiger partial charge in [0.25, 0.3) is 0 Å². The lowest BCUT2D eigenvalue weighted by Gasteiger charge is -2.15. The van der Waals surface area contributed by atoms with Crippen molar-refractivity contribution in [1.82, 2.24) is 9.97 Å². The maximum absolute atomic E-state index is 8.69. The van der Waals surface area contributed by atoms with Gasteiger partial charge in [-0.25, -0.2) is 9.97 Å². The average molecular weight is 237 g/mol. The Balaban J connectivity index is 1.87. The van der Waals surface area contributed by atoms with E-state index < -0.39 is 0 Å². The molecule has 0 spiro atoms. The Morgan fingerprint density at radius 1 is 1.17 bits per heavy atom. The maximum atomic E-state index is 8.69. The normalized spacial score (nSPS) is 13.2. The molecule has 88 valence electrons. The Morgan fingerprint density at radius 3 is 2.72 bits per heavy atom. The van der Waals surface area contributed by atoms with E-state index in [9.17, 15) is 0 Å². The molecule has 1 aliphatic heterocycles. The van der Waals surface area contributed by atoms with Crippen LogP contribution in [0.1, 0.15) is 16.8 Å². The summed E-state index contributed by atoms with van der Waals surface area (Å²) in [6.07, 6.45) is 3.13. The number of anilines is 2. The predicted molar refractivity (Wildman–Crippen MR) is 67.5 cm³/mol. The highest BCUT2D eigenvalue weighted by atomic mass is 15.2. The first-order chi connectivity index (χ1) is 8.76. The van der Waals surface area contributed by atoms with Crippen LogP contribution in [-0.4, -0.2) is 9.97 Å². The highest BCUT2D eigenvalue weighted by Gasteiger charge is 2.20. The van der Waals surface area contributed by atoms with E-state index >= 15 is 0 Å². The molecule has 18 heavy (non-hydrogen) atoms. The van der Waals surface area contributed by atoms with Crippen molar-refractivity contribution in [1.29, 1.82) is 5.26 Å². The van der Waals surface area contributed by atoms with E-state index in [1.165, 1.54) is 17.3 Å². The van der Waals surface area contributed by atoms with Crippen molar-refractivity contribution in [2.45, 2.75) is 13.1 Å². The molecule has 2 aromatic rings. The third-order valence-corrected chi connectivity index (χ3v) is 3.03. The second-order valence-electron chi connectivity index (χ2n) is 4.26. The summed E-state index contributed by atoms with van der Waals surface area (Å²) in [5.41, 5.74) is 9.37. The molecule has 0 saturated carbocycles. The predicted octanol–water partition coefficient (Wildman–Crippen LogP) is 1.45. The topological polar surface area (TPSA) is 78.8 Å². The zero-order valence-electron chi connectivity index (χ0n) is 9.67. The van der Waals surface area contributed by atoms with Crippen molar-refractivity contribution in [3.8, 4) is 6.07 Å². The Hall–Kier alpha value is -2.61. The highest BCUT2D eigenvalue weighted by Crippen LogP contribution is 2.27. The van der Waals surface area contributed by atoms with Crippen molar-refractivity contribution >= 4 is 11.5 Å². The number of nitrogen functional groups attached to an aromatic ring is 1. The number of aromatic nitrogens is 2. The van der Waals surface area contributed by atoms with Crippen LogP contribution in [0.25, 0.3) is 0 Å². The minimum absolute atomic E-state index is 0.333. The second-order valence-corrected chi connectivity index (χ2v) is 4.26. The lowest BCUT2D eigenvalue weighted by atomic mass is 10.1. The lowest BCUT2D eigenvalue weighted by Crippen LogP contribution is -2.16. The highest BCUT2D eigenvalue weighted by molar-refractivity contribution is 5.52. The van der Waals surface area contributed by atoms with Crippen LogP contribution in [0.2, 0.25) is 0 Å². The Morgan fingerprint density at radius 2 is 2.00 bits per heavy atom. The molecule has 0 aliphatic carbocycles. The molecule has 3 rings (SSSR count). The summed E-state index contributed by atoms with van der Waals surface area (Å²) < 4.78 is 0. The molecule has 0 amide bonds. The lowest BCUT2D eigenvalue weighted by molar-refractivity contribution is 0.849. The second kappa shape index (κ2) is 4.00. The fraction of sp³-hybridized carbons (Fsp3) is 0.154. The van der Waals surface area contributed by atoms with Crippen molar-refractivity contribution in [2.24, 2.45) is 0 Å². The molecular formula is C13H11N5. The molecule has 0 unspecified atom stereocenters. The van der Waals surface area contributed by atoms with Gasteiger partial charge >= 0.3 is 0 Å². The molecule has 1 aromatic carbocycles. The number of rotatable bonds is 1. The van der Waals surface area contributed by atoms with Crippen LogP contribution in [0.3, 0.4) is 0 Å². The van der Waals surface area contributed by atoms with Gasteiger partial charge < -0.3 is 10.6 Å². The largest absolute Gasteiger partial charge is 0.399 e. The fourth-order valence-corrected chi connectivity index (χ4v) is 2.12. The molecule has 5 heteroatoms. The van der Waals surface area contributed by atoms with Gasteiger partial charge in [0.2, 0.25) is 0 Å². The SMILES string of the molecule is N#Cc1cnc(N2Cc3ccc(N)cc3C2)cn1. The van der Waals surface area contributed by atoms with E-state index in [2.05, 4.69) is 14.9 Å². The van der Waals surface area contributed by atoms with Crippen LogP contribution < -0.4 is 10.6 Å². The number of nitrogens with two attached hydrogens (primary N) is 1. The van der Waals surface area contributed by atoms with E-state index in [4.69, 9.17) is 11.0 Å². The molecular weight excluding hydrogens is 226 g/mol. The van der Waals surface area contributed by atoms with Crippen LogP contribution in [0.5, 0.6) is 0 Å². The van der Waals surface area contributed by atoms with E-state index in [1.54, 1.807) is 6.20 Å². The monoisotopic (exact) mass is 237 g/mol. The molecule has 1 aromatic heterocycles. The van der Waals surface area contributed by atoms with E-state index in [0.29, 0.717) is 5.69 Å². The Labute approximate surface area is 105 Å². The quantitative estimate of drug-likeness (QED) is 0.759. The van der Waals surface area contributed by atoms with Crippen molar-refractivity contribution in [2.75, 3.05) is 10.6 Å². The summed E-state index contributed by atoms with van der Waals surface area (Å²) in [6, 6.07) is 7.91. The summed E-state index contributed by atoms with van der Waals surface area (Å²) in [5, 5.41) is 8.69. The van der Waals surface area contributed by atoms with Gasteiger partial charge in [0, 0.05) is 18.8 Å². The minimum atomic E-state index is 0.333. The van der Waals surface area contributed by atoms with Crippen LogP contribution in [0.4, 0.5) is 11.5 Å². The van der Waals surface area contributed by atoms with Crippen LogP contribution in [0, 0.1) is 11.3 Å². The number of nitriles is 1. The maximum Gasteiger partial charge on any atom is 0.158 e. The summed E-state index contributed by atoms with van der Waals surface area (Å²) in [4.78, 5) is 10.4. The number of benzene rings is 1. The molecule has 1 aliphatic rings. The van der Waals surface area contributed by atoms with Gasteiger partial charge in [0.1, 0.15) is 11.9 Å². The molecule has 0 radical (unpaired) electrons. The van der Waals surface area contributed by atoms with Crippen LogP contribution in [0.15, 0.2) is 30.6 Å². The first-order valence-corrected chi connectivity index (χ1v) is 5.60. The average Bonchev–Trinajstić information content (AvgIpc) is 2.81. The van der Waals surface area contributed by atoms with Crippen LogP contribution in [-0.2, 0) is 13.1 Å². The fourth-order valence-electron chi connectivity index (χ4n) is 2.12. The zero-order chi connectivity index (χ0) is 12.5. The zero-order valence-corrected chi connectivity index (χ0v) is 9.67. The molecule has 2 N–H and O–H groups in total. The van der Waals surface area contributed by atoms with Gasteiger partial charge in [-0.15, -0.1) is 0 Å². The summed E-state index contributed by atoms with van der Waals surface area (Å²) in [5.74, 6) is 0.781. The number of hydrogen-bond acceptors (Lipinski definition) is 5. The van der Waals surface area contributed by atoms with Crippen molar-refractivity contribution in [3.05, 3.63) is 47.4 Å². The Bertz CT molecular complexity index is 627. The summed E-state index contributed by atoms with van der Waals surface area (Å²) in [6.45, 7) is 1.58. The molecule has 0 bridgehead atoms. The standard InChI is InChI=1S/C13H11N5/c14-4-12-5-17-13(6-16-12)18-7-9-1-2-11(15)3-10(9)8-18/h1-3,5-6H,7-8,15H2. The number of fused-ring (bicyclic) bond motifs is 1. The Kier molecular flexibility index (Phi) is 2.34. The third kappa shape index (κ3) is 1.74. The van der Waals surface area contributed by atoms with Gasteiger partial charge in [-0.2, -0.15) is 5.26 Å². The van der Waals surface area contributed by atoms with Crippen LogP contribution >= 0.6 is 0 Å². The van der Waals surface area contributed by atoms with Crippen molar-refractivity contribution < 1.29 is 0 Å². The molecule has 0 fully saturated rings. The number of hydrogen-bond donors (Lipinski definition) is 1. The van der Waals surface area contributed by atoms with E-state index in [-0.39, 0.29) is 0 Å². The molecule has 0 saturated heterocycles.